The van der Waals surface area contributed by atoms with Crippen LogP contribution in [-0.2, 0) is 9.59 Å². The third-order valence-corrected chi connectivity index (χ3v) is 3.98. The van der Waals surface area contributed by atoms with Crippen LogP contribution in [0.2, 0.25) is 10.6 Å². The van der Waals surface area contributed by atoms with Crippen LogP contribution >= 0.6 is 0 Å². The molecule has 0 radical (unpaired) electrons. The zero-order valence-electron chi connectivity index (χ0n) is 8.26. The summed E-state index contributed by atoms with van der Waals surface area (Å²) < 4.78 is 0. The second kappa shape index (κ2) is 7.64. The van der Waals surface area contributed by atoms with Crippen LogP contribution < -0.4 is 11.5 Å². The summed E-state index contributed by atoms with van der Waals surface area (Å²) in [6.45, 7) is 0. The molecule has 0 bridgehead atoms. The topological polar surface area (TPSA) is 127 Å². The number of rotatable bonds is 8. The van der Waals surface area contributed by atoms with Crippen LogP contribution in [0.25, 0.3) is 0 Å². The fraction of sp³-hybridized carbons (Fsp3) is 0.750. The van der Waals surface area contributed by atoms with Gasteiger partial charge in [0.05, 0.1) is 0 Å². The molecular weight excluding hydrogens is 267 g/mol. The van der Waals surface area contributed by atoms with Crippen molar-refractivity contribution in [1.82, 2.24) is 0 Å². The zero-order valence-corrected chi connectivity index (χ0v) is 9.97. The summed E-state index contributed by atoms with van der Waals surface area (Å²) in [5, 5.41) is 18.5. The average Bonchev–Trinajstić information content (AvgIpc) is 2.16. The van der Waals surface area contributed by atoms with E-state index in [1.54, 1.807) is 0 Å². The summed E-state index contributed by atoms with van der Waals surface area (Å²) in [6.07, 6.45) is 0.884. The molecule has 0 heterocycles. The number of carboxylic acids is 2. The van der Waals surface area contributed by atoms with Gasteiger partial charge in [-0.2, -0.15) is 0 Å². The van der Waals surface area contributed by atoms with Gasteiger partial charge in [-0.15, -0.1) is 0 Å². The van der Waals surface area contributed by atoms with Gasteiger partial charge in [0, 0.05) is 0 Å². The van der Waals surface area contributed by atoms with Gasteiger partial charge in [-0.3, -0.25) is 0 Å². The molecule has 7 heteroatoms. The molecule has 0 fully saturated rings. The van der Waals surface area contributed by atoms with Crippen molar-refractivity contribution >= 4 is 26.9 Å². The minimum atomic E-state index is -0.993. The molecular formula is C8H16N2O4Se. The molecule has 0 spiro atoms. The van der Waals surface area contributed by atoms with E-state index >= 15 is 0 Å². The molecule has 0 aromatic rings. The average molecular weight is 283 g/mol. The van der Waals surface area contributed by atoms with Gasteiger partial charge in [-0.1, -0.05) is 0 Å². The zero-order chi connectivity index (χ0) is 11.8. The van der Waals surface area contributed by atoms with Crippen LogP contribution in [0, 0.1) is 0 Å². The number of hydrogen-bond donors (Lipinski definition) is 4. The molecule has 2 unspecified atom stereocenters. The first-order valence-electron chi connectivity index (χ1n) is 4.49. The Bertz CT molecular complexity index is 203. The molecule has 0 aliphatic rings. The van der Waals surface area contributed by atoms with Crippen LogP contribution in [-0.4, -0.2) is 49.2 Å². The van der Waals surface area contributed by atoms with Crippen molar-refractivity contribution < 1.29 is 19.8 Å². The first kappa shape index (κ1) is 14.4. The van der Waals surface area contributed by atoms with Crippen LogP contribution in [0.5, 0.6) is 0 Å². The minimum absolute atomic E-state index is 0.222. The molecule has 15 heavy (non-hydrogen) atoms. The van der Waals surface area contributed by atoms with Crippen LogP contribution in [0.4, 0.5) is 0 Å². The maximum atomic E-state index is 10.3. The van der Waals surface area contributed by atoms with E-state index in [2.05, 4.69) is 0 Å². The Balaban J connectivity index is 3.40. The van der Waals surface area contributed by atoms with E-state index < -0.39 is 24.0 Å². The number of carboxylic acid groups (broad SMARTS) is 2. The van der Waals surface area contributed by atoms with Gasteiger partial charge in [-0.25, -0.2) is 0 Å². The van der Waals surface area contributed by atoms with Crippen molar-refractivity contribution in [1.29, 1.82) is 0 Å². The molecule has 0 aliphatic heterocycles. The quantitative estimate of drug-likeness (QED) is 0.339. The molecule has 0 amide bonds. The molecule has 0 aliphatic carbocycles. The van der Waals surface area contributed by atoms with Crippen LogP contribution in [0.3, 0.4) is 0 Å². The summed E-state index contributed by atoms with van der Waals surface area (Å²) in [4.78, 5) is 20.7. The summed E-state index contributed by atoms with van der Waals surface area (Å²) >= 11 is 0.222. The van der Waals surface area contributed by atoms with Gasteiger partial charge in [0.1, 0.15) is 0 Å². The third-order valence-electron chi connectivity index (χ3n) is 1.78. The molecule has 6 nitrogen and oxygen atoms in total. The molecule has 88 valence electrons. The predicted molar refractivity (Wildman–Crippen MR) is 55.8 cm³/mol. The molecule has 0 aromatic heterocycles. The van der Waals surface area contributed by atoms with Gasteiger partial charge < -0.3 is 0 Å². The number of carbonyl (C=O) groups is 2. The number of nitrogens with two attached hydrogens (primary N) is 2. The predicted octanol–water partition coefficient (Wildman–Crippen LogP) is -0.869. The van der Waals surface area contributed by atoms with Crippen LogP contribution in [0.1, 0.15) is 12.8 Å². The van der Waals surface area contributed by atoms with Crippen molar-refractivity contribution in [3.05, 3.63) is 0 Å². The Labute approximate surface area is 94.2 Å². The van der Waals surface area contributed by atoms with Crippen molar-refractivity contribution in [2.24, 2.45) is 11.5 Å². The number of aliphatic carboxylic acids is 2. The second-order valence-electron chi connectivity index (χ2n) is 3.08. The van der Waals surface area contributed by atoms with E-state index in [0.29, 0.717) is 12.8 Å². The summed E-state index contributed by atoms with van der Waals surface area (Å²) in [5.74, 6) is -1.99. The summed E-state index contributed by atoms with van der Waals surface area (Å²) in [7, 11) is 0. The Hall–Kier alpha value is -0.621. The second-order valence-corrected chi connectivity index (χ2v) is 5.65. The summed E-state index contributed by atoms with van der Waals surface area (Å²) in [5.41, 5.74) is 10.6. The standard InChI is InChI=1S/C8H16N2O4Se/c9-5(7(11)12)1-3-15-4-2-6(10)8(13)14/h5-6H,1-4,9-10H2,(H,11,12)(H,13,14). The van der Waals surface area contributed by atoms with E-state index in [1.807, 2.05) is 0 Å². The van der Waals surface area contributed by atoms with Crippen molar-refractivity contribution in [2.45, 2.75) is 35.6 Å². The van der Waals surface area contributed by atoms with Crippen molar-refractivity contribution in [3.8, 4) is 0 Å². The monoisotopic (exact) mass is 284 g/mol. The van der Waals surface area contributed by atoms with Crippen molar-refractivity contribution in [2.75, 3.05) is 0 Å². The Morgan fingerprint density at radius 3 is 1.60 bits per heavy atom. The Morgan fingerprint density at radius 2 is 1.33 bits per heavy atom. The Morgan fingerprint density at radius 1 is 1.00 bits per heavy atom. The van der Waals surface area contributed by atoms with E-state index in [4.69, 9.17) is 21.7 Å². The SMILES string of the molecule is NC(CC[Se]CCC(N)C(=O)O)C(=O)O. The molecule has 0 saturated carbocycles. The summed E-state index contributed by atoms with van der Waals surface area (Å²) in [6, 6.07) is -1.61. The molecule has 0 rings (SSSR count). The van der Waals surface area contributed by atoms with E-state index in [-0.39, 0.29) is 15.0 Å². The fourth-order valence-electron chi connectivity index (χ4n) is 0.770. The van der Waals surface area contributed by atoms with Crippen LogP contribution in [0.15, 0.2) is 0 Å². The maximum absolute atomic E-state index is 10.3. The Kier molecular flexibility index (Phi) is 7.33. The van der Waals surface area contributed by atoms with E-state index in [1.165, 1.54) is 0 Å². The van der Waals surface area contributed by atoms with Gasteiger partial charge in [-0.05, 0) is 0 Å². The van der Waals surface area contributed by atoms with Crippen molar-refractivity contribution in [3.63, 3.8) is 0 Å². The van der Waals surface area contributed by atoms with Gasteiger partial charge >= 0.3 is 93.7 Å². The first-order chi connectivity index (χ1) is 6.95. The first-order valence-corrected chi connectivity index (χ1v) is 6.92. The molecule has 0 saturated heterocycles. The van der Waals surface area contributed by atoms with E-state index in [9.17, 15) is 9.59 Å². The van der Waals surface area contributed by atoms with E-state index in [0.717, 1.165) is 10.6 Å². The van der Waals surface area contributed by atoms with Gasteiger partial charge in [0.15, 0.2) is 0 Å². The number of hydrogen-bond acceptors (Lipinski definition) is 4. The van der Waals surface area contributed by atoms with Gasteiger partial charge in [0.2, 0.25) is 0 Å². The fourth-order valence-corrected chi connectivity index (χ4v) is 2.96. The molecule has 2 atom stereocenters. The third kappa shape index (κ3) is 7.32. The normalized spacial score (nSPS) is 14.5. The molecule has 6 N–H and O–H groups in total. The molecule has 0 aromatic carbocycles. The van der Waals surface area contributed by atoms with Gasteiger partial charge in [0.25, 0.3) is 0 Å².